The van der Waals surface area contributed by atoms with Crippen LogP contribution in [0.2, 0.25) is 39.3 Å². The highest BCUT2D eigenvalue weighted by molar-refractivity contribution is 6.93. The molecular weight excluding hydrogens is 520 g/mol. The Morgan fingerprint density at radius 2 is 0.579 bits per heavy atom. The normalized spacial score (nSPS) is 12.3. The van der Waals surface area contributed by atoms with Gasteiger partial charge in [-0.1, -0.05) is 39.3 Å². The predicted molar refractivity (Wildman–Crippen MR) is 155 cm³/mol. The third-order valence-electron chi connectivity index (χ3n) is 5.19. The van der Waals surface area contributed by atoms with E-state index in [-0.39, 0.29) is 22.3 Å². The Morgan fingerprint density at radius 1 is 0.421 bits per heavy atom. The van der Waals surface area contributed by atoms with Gasteiger partial charge in [0.1, 0.15) is 0 Å². The van der Waals surface area contributed by atoms with Crippen LogP contribution in [0.4, 0.5) is 0 Å². The second-order valence-electron chi connectivity index (χ2n) is 12.6. The number of ether oxygens (including phenoxy) is 4. The summed E-state index contributed by atoms with van der Waals surface area (Å²) in [6.45, 7) is 25.3. The average Bonchev–Trinajstić information content (AvgIpc) is 2.67. The Morgan fingerprint density at radius 3 is 0.684 bits per heavy atom. The monoisotopic (exact) mass is 566 g/mol. The van der Waals surface area contributed by atoms with Crippen molar-refractivity contribution in [2.75, 3.05) is 0 Å². The molecule has 10 heteroatoms. The highest BCUT2D eigenvalue weighted by atomic mass is 28.3. The second kappa shape index (κ2) is 12.6. The molecular formula is C28H46O8Si2. The molecule has 0 N–H and O–H groups in total. The van der Waals surface area contributed by atoms with Gasteiger partial charge in [-0.2, -0.15) is 0 Å². The van der Waals surface area contributed by atoms with E-state index in [0.29, 0.717) is 10.4 Å². The summed E-state index contributed by atoms with van der Waals surface area (Å²) < 4.78 is 22.6. The molecule has 0 aromatic heterocycles. The molecule has 38 heavy (non-hydrogen) atoms. The van der Waals surface area contributed by atoms with Crippen molar-refractivity contribution < 1.29 is 38.1 Å². The van der Waals surface area contributed by atoms with Gasteiger partial charge in [0.05, 0.1) is 62.8 Å². The van der Waals surface area contributed by atoms with Gasteiger partial charge in [-0.15, -0.1) is 0 Å². The van der Waals surface area contributed by atoms with E-state index in [1.807, 2.05) is 39.3 Å². The van der Waals surface area contributed by atoms with E-state index < -0.39 is 64.4 Å². The fourth-order valence-electron chi connectivity index (χ4n) is 4.16. The van der Waals surface area contributed by atoms with Crippen LogP contribution in [0.1, 0.15) is 96.8 Å². The zero-order chi connectivity index (χ0) is 29.9. The SMILES string of the molecule is CC(C)OC(=O)c1c(C(=O)OC(C)C)c([Si](C)(C)C)c(C(=O)OC(C)C)c(C(=O)OC(C)C)c1[Si](C)(C)C. The van der Waals surface area contributed by atoms with Crippen molar-refractivity contribution in [1.82, 2.24) is 0 Å². The highest BCUT2D eigenvalue weighted by Crippen LogP contribution is 2.27. The molecule has 0 aliphatic heterocycles. The van der Waals surface area contributed by atoms with Crippen molar-refractivity contribution in [3.8, 4) is 0 Å². The van der Waals surface area contributed by atoms with Crippen molar-refractivity contribution in [3.63, 3.8) is 0 Å². The molecule has 0 atom stereocenters. The van der Waals surface area contributed by atoms with Crippen molar-refractivity contribution >= 4 is 50.4 Å². The van der Waals surface area contributed by atoms with Crippen LogP contribution in [0.5, 0.6) is 0 Å². The fraction of sp³-hybridized carbons (Fsp3) is 0.643. The number of benzene rings is 1. The van der Waals surface area contributed by atoms with E-state index in [2.05, 4.69) is 0 Å². The molecule has 8 nitrogen and oxygen atoms in total. The minimum Gasteiger partial charge on any atom is -0.459 e. The van der Waals surface area contributed by atoms with Gasteiger partial charge in [0.15, 0.2) is 0 Å². The van der Waals surface area contributed by atoms with Crippen LogP contribution in [-0.2, 0) is 18.9 Å². The molecule has 1 aromatic rings. The summed E-state index contributed by atoms with van der Waals surface area (Å²) in [6, 6.07) is 0. The lowest BCUT2D eigenvalue weighted by atomic mass is 9.96. The average molecular weight is 567 g/mol. The summed E-state index contributed by atoms with van der Waals surface area (Å²) in [4.78, 5) is 55.2. The summed E-state index contributed by atoms with van der Waals surface area (Å²) in [5.74, 6) is -2.96. The molecule has 0 aliphatic rings. The summed E-state index contributed by atoms with van der Waals surface area (Å²) in [5.41, 5.74) is -0.0639. The number of hydrogen-bond donors (Lipinski definition) is 0. The molecule has 0 aliphatic carbocycles. The number of carbonyl (C=O) groups is 4. The first-order chi connectivity index (χ1) is 17.1. The first kappa shape index (κ1) is 33.6. The molecule has 1 rings (SSSR count). The van der Waals surface area contributed by atoms with Crippen molar-refractivity contribution in [2.24, 2.45) is 0 Å². The van der Waals surface area contributed by atoms with Gasteiger partial charge in [-0.05, 0) is 65.8 Å². The van der Waals surface area contributed by atoms with Crippen LogP contribution in [0, 0.1) is 0 Å². The van der Waals surface area contributed by atoms with E-state index in [9.17, 15) is 19.2 Å². The Hall–Kier alpha value is -2.47. The van der Waals surface area contributed by atoms with Gasteiger partial charge in [0, 0.05) is 0 Å². The van der Waals surface area contributed by atoms with Crippen molar-refractivity contribution in [1.29, 1.82) is 0 Å². The van der Waals surface area contributed by atoms with Gasteiger partial charge < -0.3 is 18.9 Å². The summed E-state index contributed by atoms with van der Waals surface area (Å²) in [6.07, 6.45) is -1.95. The predicted octanol–water partition coefficient (Wildman–Crippen LogP) is 5.04. The molecule has 0 fully saturated rings. The molecule has 0 heterocycles. The smallest absolute Gasteiger partial charge is 0.339 e. The number of rotatable bonds is 10. The Bertz CT molecular complexity index is 920. The van der Waals surface area contributed by atoms with E-state index in [1.54, 1.807) is 55.4 Å². The first-order valence-corrected chi connectivity index (χ1v) is 20.2. The van der Waals surface area contributed by atoms with Crippen LogP contribution < -0.4 is 10.4 Å². The van der Waals surface area contributed by atoms with Gasteiger partial charge in [-0.25, -0.2) is 19.2 Å². The molecule has 0 radical (unpaired) electrons. The van der Waals surface area contributed by atoms with Gasteiger partial charge in [0.2, 0.25) is 0 Å². The molecule has 0 unspecified atom stereocenters. The quantitative estimate of drug-likeness (QED) is 0.220. The fourth-order valence-corrected chi connectivity index (χ4v) is 8.07. The molecule has 0 bridgehead atoms. The summed E-state index contributed by atoms with van der Waals surface area (Å²) >= 11 is 0. The summed E-state index contributed by atoms with van der Waals surface area (Å²) in [5, 5.41) is 0.643. The lowest BCUT2D eigenvalue weighted by Crippen LogP contribution is -2.55. The Labute approximate surface area is 229 Å². The van der Waals surface area contributed by atoms with Crippen molar-refractivity contribution in [2.45, 2.75) is 119 Å². The number of carbonyl (C=O) groups excluding carboxylic acids is 4. The summed E-state index contributed by atoms with van der Waals surface area (Å²) in [7, 11) is -5.34. The maximum atomic E-state index is 13.8. The van der Waals surface area contributed by atoms with E-state index in [1.165, 1.54) is 0 Å². The van der Waals surface area contributed by atoms with Gasteiger partial charge >= 0.3 is 23.9 Å². The third-order valence-corrected chi connectivity index (χ3v) is 9.19. The molecule has 214 valence electrons. The molecule has 0 spiro atoms. The van der Waals surface area contributed by atoms with Crippen LogP contribution in [0.25, 0.3) is 0 Å². The Balaban J connectivity index is 4.71. The maximum absolute atomic E-state index is 13.8. The minimum atomic E-state index is -2.67. The largest absolute Gasteiger partial charge is 0.459 e. The zero-order valence-electron chi connectivity index (χ0n) is 25.6. The van der Waals surface area contributed by atoms with Crippen LogP contribution in [0.3, 0.4) is 0 Å². The zero-order valence-corrected chi connectivity index (χ0v) is 27.6. The van der Waals surface area contributed by atoms with Crippen molar-refractivity contribution in [3.05, 3.63) is 22.3 Å². The lowest BCUT2D eigenvalue weighted by Gasteiger charge is -2.33. The lowest BCUT2D eigenvalue weighted by molar-refractivity contribution is 0.0316. The molecule has 0 saturated heterocycles. The maximum Gasteiger partial charge on any atom is 0.339 e. The topological polar surface area (TPSA) is 105 Å². The van der Waals surface area contributed by atoms with E-state index in [0.717, 1.165) is 0 Å². The third kappa shape index (κ3) is 8.26. The van der Waals surface area contributed by atoms with E-state index in [4.69, 9.17) is 18.9 Å². The Kier molecular flexibility index (Phi) is 11.1. The van der Waals surface area contributed by atoms with E-state index >= 15 is 0 Å². The van der Waals surface area contributed by atoms with Crippen LogP contribution in [0.15, 0.2) is 0 Å². The molecule has 0 amide bonds. The van der Waals surface area contributed by atoms with Gasteiger partial charge in [-0.3, -0.25) is 0 Å². The number of esters is 4. The van der Waals surface area contributed by atoms with Crippen LogP contribution >= 0.6 is 0 Å². The highest BCUT2D eigenvalue weighted by Gasteiger charge is 2.45. The molecule has 1 aromatic carbocycles. The first-order valence-electron chi connectivity index (χ1n) is 13.2. The second-order valence-corrected chi connectivity index (χ2v) is 22.6. The van der Waals surface area contributed by atoms with Crippen LogP contribution in [-0.4, -0.2) is 64.4 Å². The minimum absolute atomic E-state index is 0.0160. The van der Waals surface area contributed by atoms with Gasteiger partial charge in [0.25, 0.3) is 0 Å². The number of hydrogen-bond acceptors (Lipinski definition) is 8. The molecule has 0 saturated carbocycles. The standard InChI is InChI=1S/C28H46O8Si2/c1-15(2)33-25(29)19-20(26(30)34-16(3)4)24(38(12,13)14)22(28(32)36-18(7)8)21(23(19)37(9,10)11)27(31)35-17(5)6/h15-18H,1-14H3.